The number of ether oxygens (including phenoxy) is 1. The van der Waals surface area contributed by atoms with Crippen LogP contribution in [-0.2, 0) is 27.2 Å². The Bertz CT molecular complexity index is 1020. The van der Waals surface area contributed by atoms with Crippen LogP contribution in [0.25, 0.3) is 0 Å². The van der Waals surface area contributed by atoms with Gasteiger partial charge in [0.15, 0.2) is 0 Å². The molecule has 0 fully saturated rings. The quantitative estimate of drug-likeness (QED) is 0.241. The Balaban J connectivity index is 2.34. The second-order valence-corrected chi connectivity index (χ2v) is 10.5. The lowest BCUT2D eigenvalue weighted by Crippen LogP contribution is -2.59. The lowest BCUT2D eigenvalue weighted by molar-refractivity contribution is -0.128. The molecule has 0 aliphatic heterocycles. The van der Waals surface area contributed by atoms with Gasteiger partial charge in [-0.3, -0.25) is 19.6 Å². The van der Waals surface area contributed by atoms with Gasteiger partial charge >= 0.3 is 6.09 Å². The molecule has 2 aromatic heterocycles. The number of aliphatic hydroxyl groups excluding tert-OH is 2. The highest BCUT2D eigenvalue weighted by Gasteiger charge is 2.36. The van der Waals surface area contributed by atoms with Crippen LogP contribution in [0.2, 0.25) is 0 Å². The molecule has 11 heteroatoms. The van der Waals surface area contributed by atoms with Crippen molar-refractivity contribution in [2.24, 2.45) is 5.92 Å². The third-order valence-corrected chi connectivity index (χ3v) is 5.81. The van der Waals surface area contributed by atoms with Crippen molar-refractivity contribution in [1.29, 1.82) is 0 Å². The van der Waals surface area contributed by atoms with Crippen LogP contribution in [0.4, 0.5) is 4.79 Å². The van der Waals surface area contributed by atoms with Crippen LogP contribution in [-0.4, -0.2) is 74.5 Å². The van der Waals surface area contributed by atoms with Gasteiger partial charge in [0, 0.05) is 24.8 Å². The Morgan fingerprint density at radius 3 is 1.74 bits per heavy atom. The van der Waals surface area contributed by atoms with Crippen molar-refractivity contribution in [3.05, 3.63) is 60.2 Å². The number of hydrogen-bond donors (Lipinski definition) is 5. The average molecular weight is 530 g/mol. The SMILES string of the molecule is CC(C)[C@H](NC=O)C(=O)NC(Cc1ccncc1)C(O)C(O)C(Cc1ccncc1)NC(=O)OC(C)(C)C. The molecule has 0 radical (unpaired) electrons. The summed E-state index contributed by atoms with van der Waals surface area (Å²) in [6.07, 6.45) is 3.34. The fraction of sp³-hybridized carbons (Fsp3) is 0.519. The van der Waals surface area contributed by atoms with Gasteiger partial charge < -0.3 is 30.9 Å². The zero-order chi connectivity index (χ0) is 28.3. The molecule has 2 aromatic rings. The molecular formula is C27H39N5O6. The fourth-order valence-electron chi connectivity index (χ4n) is 3.91. The molecule has 0 spiro atoms. The van der Waals surface area contributed by atoms with E-state index in [9.17, 15) is 24.6 Å². The zero-order valence-electron chi connectivity index (χ0n) is 22.5. The van der Waals surface area contributed by atoms with Gasteiger partial charge in [-0.2, -0.15) is 0 Å². The molecule has 38 heavy (non-hydrogen) atoms. The number of nitrogens with one attached hydrogen (secondary N) is 3. The maximum atomic E-state index is 13.1. The first kappa shape index (κ1) is 30.7. The molecule has 208 valence electrons. The lowest BCUT2D eigenvalue weighted by atomic mass is 9.91. The highest BCUT2D eigenvalue weighted by Crippen LogP contribution is 2.16. The summed E-state index contributed by atoms with van der Waals surface area (Å²) < 4.78 is 5.37. The van der Waals surface area contributed by atoms with Crippen LogP contribution in [0.5, 0.6) is 0 Å². The Kier molecular flexibility index (Phi) is 11.6. The van der Waals surface area contributed by atoms with Crippen molar-refractivity contribution >= 4 is 18.4 Å². The molecule has 0 aliphatic rings. The minimum atomic E-state index is -1.50. The number of aliphatic hydroxyl groups is 2. The maximum absolute atomic E-state index is 13.1. The lowest BCUT2D eigenvalue weighted by Gasteiger charge is -2.34. The summed E-state index contributed by atoms with van der Waals surface area (Å²) in [5.41, 5.74) is 0.744. The molecule has 5 N–H and O–H groups in total. The second-order valence-electron chi connectivity index (χ2n) is 10.5. The van der Waals surface area contributed by atoms with Crippen molar-refractivity contribution in [3.8, 4) is 0 Å². The first-order chi connectivity index (χ1) is 17.9. The van der Waals surface area contributed by atoms with Crippen molar-refractivity contribution in [2.45, 2.75) is 83.4 Å². The fourth-order valence-corrected chi connectivity index (χ4v) is 3.91. The molecule has 0 aromatic carbocycles. The summed E-state index contributed by atoms with van der Waals surface area (Å²) in [5, 5.41) is 30.6. The van der Waals surface area contributed by atoms with Crippen LogP contribution < -0.4 is 16.0 Å². The van der Waals surface area contributed by atoms with Crippen LogP contribution in [0, 0.1) is 5.92 Å². The molecule has 3 amide bonds. The van der Waals surface area contributed by atoms with Gasteiger partial charge in [0.25, 0.3) is 0 Å². The minimum Gasteiger partial charge on any atom is -0.444 e. The van der Waals surface area contributed by atoms with Gasteiger partial charge in [-0.25, -0.2) is 4.79 Å². The molecule has 2 rings (SSSR count). The van der Waals surface area contributed by atoms with E-state index in [0.29, 0.717) is 6.41 Å². The molecule has 0 bridgehead atoms. The Morgan fingerprint density at radius 1 is 0.895 bits per heavy atom. The number of rotatable bonds is 13. The van der Waals surface area contributed by atoms with E-state index in [1.807, 2.05) is 0 Å². The molecule has 2 heterocycles. The topological polar surface area (TPSA) is 163 Å². The summed E-state index contributed by atoms with van der Waals surface area (Å²) in [7, 11) is 0. The van der Waals surface area contributed by atoms with Gasteiger partial charge in [0.1, 0.15) is 23.9 Å². The zero-order valence-corrected chi connectivity index (χ0v) is 22.5. The van der Waals surface area contributed by atoms with Crippen LogP contribution in [0.3, 0.4) is 0 Å². The van der Waals surface area contributed by atoms with Crippen molar-refractivity contribution in [2.75, 3.05) is 0 Å². The molecular weight excluding hydrogens is 490 g/mol. The largest absolute Gasteiger partial charge is 0.444 e. The molecule has 4 unspecified atom stereocenters. The van der Waals surface area contributed by atoms with E-state index < -0.39 is 47.9 Å². The Morgan fingerprint density at radius 2 is 1.34 bits per heavy atom. The van der Waals surface area contributed by atoms with Crippen molar-refractivity contribution in [3.63, 3.8) is 0 Å². The van der Waals surface area contributed by atoms with E-state index in [2.05, 4.69) is 25.9 Å². The molecule has 0 saturated carbocycles. The van der Waals surface area contributed by atoms with E-state index in [4.69, 9.17) is 4.74 Å². The van der Waals surface area contributed by atoms with Gasteiger partial charge in [0.2, 0.25) is 12.3 Å². The number of amides is 3. The van der Waals surface area contributed by atoms with Crippen molar-refractivity contribution in [1.82, 2.24) is 25.9 Å². The smallest absolute Gasteiger partial charge is 0.407 e. The van der Waals surface area contributed by atoms with E-state index in [1.165, 1.54) is 0 Å². The number of nitrogens with zero attached hydrogens (tertiary/aromatic N) is 2. The first-order valence-electron chi connectivity index (χ1n) is 12.5. The predicted octanol–water partition coefficient (Wildman–Crippen LogP) is 1.13. The van der Waals surface area contributed by atoms with E-state index in [0.717, 1.165) is 11.1 Å². The monoisotopic (exact) mass is 529 g/mol. The minimum absolute atomic E-state index is 0.160. The predicted molar refractivity (Wildman–Crippen MR) is 141 cm³/mol. The molecule has 11 nitrogen and oxygen atoms in total. The van der Waals surface area contributed by atoms with Gasteiger partial charge in [0.05, 0.1) is 12.1 Å². The normalized spacial score (nSPS) is 15.5. The standard InChI is InChI=1S/C27H39N5O6/c1-17(2)22(30-16-33)25(36)31-20(14-18-6-10-28-11-7-18)23(34)24(35)21(15-19-8-12-29-13-9-19)32-26(37)38-27(3,4)5/h6-13,16-17,20-24,34-35H,14-15H2,1-5H3,(H,30,33)(H,31,36)(H,32,37)/t20?,21?,22-,23?,24?/m0/s1. The summed E-state index contributed by atoms with van der Waals surface area (Å²) in [6.45, 7) is 8.70. The summed E-state index contributed by atoms with van der Waals surface area (Å²) in [5.74, 6) is -0.736. The highest BCUT2D eigenvalue weighted by molar-refractivity contribution is 5.84. The number of pyridine rings is 2. The van der Waals surface area contributed by atoms with Crippen LogP contribution in [0.15, 0.2) is 49.1 Å². The summed E-state index contributed by atoms with van der Waals surface area (Å²) >= 11 is 0. The number of aromatic nitrogens is 2. The van der Waals surface area contributed by atoms with E-state index >= 15 is 0 Å². The van der Waals surface area contributed by atoms with Crippen LogP contribution in [0.1, 0.15) is 45.7 Å². The number of carbonyl (C=O) groups excluding carboxylic acids is 3. The highest BCUT2D eigenvalue weighted by atomic mass is 16.6. The molecule has 5 atom stereocenters. The van der Waals surface area contributed by atoms with E-state index in [1.54, 1.807) is 83.7 Å². The van der Waals surface area contributed by atoms with Gasteiger partial charge in [-0.15, -0.1) is 0 Å². The summed E-state index contributed by atoms with van der Waals surface area (Å²) in [4.78, 5) is 44.7. The Hall–Kier alpha value is -3.57. The second kappa shape index (κ2) is 14.4. The number of alkyl carbamates (subject to hydrolysis) is 1. The van der Waals surface area contributed by atoms with Crippen LogP contribution >= 0.6 is 0 Å². The number of hydrogen-bond acceptors (Lipinski definition) is 8. The number of carbonyl (C=O) groups is 3. The first-order valence-corrected chi connectivity index (χ1v) is 12.5. The van der Waals surface area contributed by atoms with Gasteiger partial charge in [-0.05, 0) is 74.9 Å². The Labute approximate surface area is 223 Å². The third-order valence-electron chi connectivity index (χ3n) is 5.81. The molecule has 0 saturated heterocycles. The summed E-state index contributed by atoms with van der Waals surface area (Å²) in [6, 6.07) is 4.16. The average Bonchev–Trinajstić information content (AvgIpc) is 2.85. The maximum Gasteiger partial charge on any atom is 0.407 e. The van der Waals surface area contributed by atoms with Crippen molar-refractivity contribution < 1.29 is 29.3 Å². The van der Waals surface area contributed by atoms with Gasteiger partial charge in [-0.1, -0.05) is 13.8 Å². The van der Waals surface area contributed by atoms with E-state index in [-0.39, 0.29) is 18.8 Å². The molecule has 0 aliphatic carbocycles. The third kappa shape index (κ3) is 10.1.